The van der Waals surface area contributed by atoms with Crippen molar-refractivity contribution >= 4 is 0 Å². The van der Waals surface area contributed by atoms with Gasteiger partial charge in [-0.3, -0.25) is 4.74 Å². The van der Waals surface area contributed by atoms with Crippen LogP contribution in [0.15, 0.2) is 0 Å². The summed E-state index contributed by atoms with van der Waals surface area (Å²) in [5.41, 5.74) is 0. The van der Waals surface area contributed by atoms with Gasteiger partial charge in [-0.25, -0.2) is 0 Å². The minimum Gasteiger partial charge on any atom is -0.355 e. The van der Waals surface area contributed by atoms with E-state index in [1.807, 2.05) is 6.92 Å². The van der Waals surface area contributed by atoms with Gasteiger partial charge in [0, 0.05) is 6.61 Å². The molecule has 0 spiro atoms. The van der Waals surface area contributed by atoms with Gasteiger partial charge in [-0.1, -0.05) is 6.92 Å². The van der Waals surface area contributed by atoms with E-state index in [0.717, 1.165) is 6.42 Å². The zero-order valence-corrected chi connectivity index (χ0v) is 5.27. The maximum absolute atomic E-state index is 11.2. The molecule has 0 radical (unpaired) electrons. The summed E-state index contributed by atoms with van der Waals surface area (Å²) in [5, 5.41) is 0. The van der Waals surface area contributed by atoms with Crippen LogP contribution in [0, 0.1) is 0 Å². The lowest BCUT2D eigenvalue weighted by molar-refractivity contribution is -0.190. The summed E-state index contributed by atoms with van der Waals surface area (Å²) in [6.07, 6.45) is 0.812. The molecule has 0 aromatic rings. The first-order valence-electron chi connectivity index (χ1n) is 2.75. The Morgan fingerprint density at radius 3 is 2.56 bits per heavy atom. The molecule has 0 atom stereocenters. The topological polar surface area (TPSA) is 18.5 Å². The molecule has 0 N–H and O–H groups in total. The predicted octanol–water partition coefficient (Wildman–Crippen LogP) is 1.61. The van der Waals surface area contributed by atoms with E-state index in [-0.39, 0.29) is 6.79 Å². The Morgan fingerprint density at radius 2 is 2.11 bits per heavy atom. The van der Waals surface area contributed by atoms with Crippen molar-refractivity contribution < 1.29 is 18.3 Å². The smallest absolute Gasteiger partial charge is 0.347 e. The van der Waals surface area contributed by atoms with Crippen LogP contribution in [0.1, 0.15) is 13.3 Å². The molecule has 0 aliphatic carbocycles. The summed E-state index contributed by atoms with van der Waals surface area (Å²) in [5.74, 6) is 0. The molecular weight excluding hydrogens is 130 g/mol. The van der Waals surface area contributed by atoms with Gasteiger partial charge in [0.05, 0.1) is 0 Å². The number of hydrogen-bond acceptors (Lipinski definition) is 2. The van der Waals surface area contributed by atoms with Crippen molar-refractivity contribution in [3.63, 3.8) is 0 Å². The summed E-state index contributed by atoms with van der Waals surface area (Å²) in [7, 11) is 0. The van der Waals surface area contributed by atoms with Gasteiger partial charge < -0.3 is 4.74 Å². The molecule has 2 nitrogen and oxygen atoms in total. The standard InChI is InChI=1S/C5H10F2O2/c1-2-3-8-4-9-5(6)7/h5H,2-4H2,1H3. The van der Waals surface area contributed by atoms with Crippen LogP contribution in [0.3, 0.4) is 0 Å². The Labute approximate surface area is 52.8 Å². The van der Waals surface area contributed by atoms with Crippen molar-refractivity contribution in [1.82, 2.24) is 0 Å². The monoisotopic (exact) mass is 140 g/mol. The molecule has 0 saturated carbocycles. The Hall–Kier alpha value is -0.220. The van der Waals surface area contributed by atoms with Crippen LogP contribution in [-0.2, 0) is 9.47 Å². The lowest BCUT2D eigenvalue weighted by Gasteiger charge is -2.01. The molecular formula is C5H10F2O2. The average molecular weight is 140 g/mol. The fourth-order valence-corrected chi connectivity index (χ4v) is 0.303. The Balaban J connectivity index is 2.75. The Kier molecular flexibility index (Phi) is 5.76. The molecule has 56 valence electrons. The number of alkyl halides is 2. The van der Waals surface area contributed by atoms with Crippen LogP contribution in [0.25, 0.3) is 0 Å². The molecule has 0 aliphatic heterocycles. The number of ether oxygens (including phenoxy) is 2. The average Bonchev–Trinajstić information content (AvgIpc) is 1.80. The van der Waals surface area contributed by atoms with Gasteiger partial charge in [-0.15, -0.1) is 0 Å². The molecule has 9 heavy (non-hydrogen) atoms. The molecule has 0 rings (SSSR count). The molecule has 0 bridgehead atoms. The molecule has 0 fully saturated rings. The highest BCUT2D eigenvalue weighted by Crippen LogP contribution is 1.93. The first-order chi connectivity index (χ1) is 4.27. The molecule has 0 aromatic carbocycles. The number of hydrogen-bond donors (Lipinski definition) is 0. The van der Waals surface area contributed by atoms with Crippen molar-refractivity contribution in [2.75, 3.05) is 13.4 Å². The maximum Gasteiger partial charge on any atom is 0.347 e. The predicted molar refractivity (Wildman–Crippen MR) is 28.2 cm³/mol. The lowest BCUT2D eigenvalue weighted by Crippen LogP contribution is -2.04. The van der Waals surface area contributed by atoms with Crippen LogP contribution in [-0.4, -0.2) is 20.0 Å². The quantitative estimate of drug-likeness (QED) is 0.426. The van der Waals surface area contributed by atoms with E-state index in [2.05, 4.69) is 9.47 Å². The van der Waals surface area contributed by atoms with E-state index < -0.39 is 6.61 Å². The summed E-state index contributed by atoms with van der Waals surface area (Å²) in [4.78, 5) is 0. The summed E-state index contributed by atoms with van der Waals surface area (Å²) >= 11 is 0. The van der Waals surface area contributed by atoms with Gasteiger partial charge in [0.1, 0.15) is 0 Å². The fourth-order valence-electron chi connectivity index (χ4n) is 0.303. The normalized spacial score (nSPS) is 10.7. The molecule has 0 heterocycles. The van der Waals surface area contributed by atoms with Crippen molar-refractivity contribution in [3.05, 3.63) is 0 Å². The third kappa shape index (κ3) is 7.78. The van der Waals surface area contributed by atoms with Crippen LogP contribution in [0.4, 0.5) is 8.78 Å². The molecule has 0 aromatic heterocycles. The van der Waals surface area contributed by atoms with Crippen molar-refractivity contribution in [1.29, 1.82) is 0 Å². The maximum atomic E-state index is 11.2. The van der Waals surface area contributed by atoms with E-state index in [9.17, 15) is 8.78 Å². The van der Waals surface area contributed by atoms with Crippen molar-refractivity contribution in [3.8, 4) is 0 Å². The Bertz CT molecular complexity index is 58.9. The van der Waals surface area contributed by atoms with E-state index in [1.54, 1.807) is 0 Å². The minimum absolute atomic E-state index is 0.314. The first-order valence-corrected chi connectivity index (χ1v) is 2.75. The summed E-state index contributed by atoms with van der Waals surface area (Å²) < 4.78 is 30.7. The molecule has 0 unspecified atom stereocenters. The van der Waals surface area contributed by atoms with E-state index in [4.69, 9.17) is 0 Å². The van der Waals surface area contributed by atoms with Crippen LogP contribution >= 0.6 is 0 Å². The van der Waals surface area contributed by atoms with E-state index >= 15 is 0 Å². The zero-order valence-electron chi connectivity index (χ0n) is 5.27. The second kappa shape index (κ2) is 5.91. The van der Waals surface area contributed by atoms with Crippen LogP contribution in [0.2, 0.25) is 0 Å². The van der Waals surface area contributed by atoms with Gasteiger partial charge in [0.15, 0.2) is 6.79 Å². The highest BCUT2D eigenvalue weighted by Gasteiger charge is 1.98. The second-order valence-corrected chi connectivity index (χ2v) is 1.45. The fraction of sp³-hybridized carbons (Fsp3) is 1.00. The molecule has 0 aliphatic rings. The minimum atomic E-state index is -2.72. The number of rotatable bonds is 5. The Morgan fingerprint density at radius 1 is 1.44 bits per heavy atom. The number of halogens is 2. The van der Waals surface area contributed by atoms with E-state index in [1.165, 1.54) is 0 Å². The van der Waals surface area contributed by atoms with Crippen molar-refractivity contribution in [2.45, 2.75) is 20.0 Å². The van der Waals surface area contributed by atoms with E-state index in [0.29, 0.717) is 6.61 Å². The lowest BCUT2D eigenvalue weighted by atomic mass is 10.5. The summed E-state index contributed by atoms with van der Waals surface area (Å²) in [6.45, 7) is -0.678. The van der Waals surface area contributed by atoms with Gasteiger partial charge in [-0.2, -0.15) is 8.78 Å². The van der Waals surface area contributed by atoms with Gasteiger partial charge in [0.2, 0.25) is 0 Å². The van der Waals surface area contributed by atoms with Gasteiger partial charge >= 0.3 is 6.61 Å². The van der Waals surface area contributed by atoms with Crippen LogP contribution < -0.4 is 0 Å². The second-order valence-electron chi connectivity index (χ2n) is 1.45. The highest BCUT2D eigenvalue weighted by atomic mass is 19.3. The first kappa shape index (κ1) is 8.78. The molecule has 4 heteroatoms. The third-order valence-corrected chi connectivity index (χ3v) is 0.626. The summed E-state index contributed by atoms with van der Waals surface area (Å²) in [6, 6.07) is 0. The largest absolute Gasteiger partial charge is 0.355 e. The SMILES string of the molecule is CCCOCOC(F)F. The zero-order chi connectivity index (χ0) is 7.11. The molecule has 0 saturated heterocycles. The highest BCUT2D eigenvalue weighted by molar-refractivity contribution is 4.19. The van der Waals surface area contributed by atoms with Gasteiger partial charge in [-0.05, 0) is 6.42 Å². The van der Waals surface area contributed by atoms with Crippen molar-refractivity contribution in [2.24, 2.45) is 0 Å². The van der Waals surface area contributed by atoms with Crippen LogP contribution in [0.5, 0.6) is 0 Å². The third-order valence-electron chi connectivity index (χ3n) is 0.626. The molecule has 0 amide bonds. The van der Waals surface area contributed by atoms with Gasteiger partial charge in [0.25, 0.3) is 0 Å².